The van der Waals surface area contributed by atoms with Gasteiger partial charge >= 0.3 is 0 Å². The van der Waals surface area contributed by atoms with Gasteiger partial charge in [-0.25, -0.2) is 0 Å². The van der Waals surface area contributed by atoms with E-state index in [0.717, 1.165) is 25.8 Å². The molecule has 26 heavy (non-hydrogen) atoms. The van der Waals surface area contributed by atoms with Crippen molar-refractivity contribution < 1.29 is 9.53 Å². The fourth-order valence-corrected chi connectivity index (χ4v) is 5.18. The minimum absolute atomic E-state index is 0.142. The minimum Gasteiger partial charge on any atom is -0.384 e. The minimum atomic E-state index is 0.142. The maximum atomic E-state index is 13.0. The SMILES string of the molecule is CCC(COC)CC(=O)C1CC2c3cccc4[nH]cc(c34)CC2N(C)C1. The van der Waals surface area contributed by atoms with Gasteiger partial charge in [-0.05, 0) is 43.0 Å². The van der Waals surface area contributed by atoms with Crippen LogP contribution in [0.4, 0.5) is 0 Å². The first-order valence-electron chi connectivity index (χ1n) is 9.93. The van der Waals surface area contributed by atoms with Crippen LogP contribution in [0.1, 0.15) is 43.2 Å². The standard InChI is InChI=1S/C22H30N2O2/c1-4-14(13-26-3)8-21(25)16-9-18-17-6-5-7-19-22(17)15(11-23-19)10-20(18)24(2)12-16/h5-7,11,14,16,18,20,23H,4,8-10,12-13H2,1-3H3. The number of Topliss-reactive ketones (excluding diaryl/α,β-unsaturated/α-hetero) is 1. The monoisotopic (exact) mass is 354 g/mol. The highest BCUT2D eigenvalue weighted by molar-refractivity contribution is 5.89. The molecule has 1 fully saturated rings. The van der Waals surface area contributed by atoms with Crippen molar-refractivity contribution >= 4 is 16.7 Å². The summed E-state index contributed by atoms with van der Waals surface area (Å²) < 4.78 is 5.29. The number of carbonyl (C=O) groups excluding carboxylic acids is 1. The van der Waals surface area contributed by atoms with E-state index in [2.05, 4.69) is 48.3 Å². The van der Waals surface area contributed by atoms with Gasteiger partial charge in [0.15, 0.2) is 0 Å². The van der Waals surface area contributed by atoms with E-state index in [0.29, 0.717) is 36.7 Å². The van der Waals surface area contributed by atoms with Crippen LogP contribution in [0.5, 0.6) is 0 Å². The quantitative estimate of drug-likeness (QED) is 0.859. The van der Waals surface area contributed by atoms with Gasteiger partial charge in [0.2, 0.25) is 0 Å². The Kier molecular flexibility index (Phi) is 4.89. The highest BCUT2D eigenvalue weighted by Gasteiger charge is 2.41. The van der Waals surface area contributed by atoms with Crippen LogP contribution in [-0.4, -0.2) is 49.0 Å². The number of carbonyl (C=O) groups is 1. The number of ether oxygens (including phenoxy) is 1. The molecule has 1 aromatic heterocycles. The van der Waals surface area contributed by atoms with Crippen LogP contribution >= 0.6 is 0 Å². The van der Waals surface area contributed by atoms with Gasteiger partial charge in [-0.15, -0.1) is 0 Å². The summed E-state index contributed by atoms with van der Waals surface area (Å²) in [5.41, 5.74) is 4.10. The number of aromatic amines is 1. The second-order valence-corrected chi connectivity index (χ2v) is 8.23. The third-order valence-electron chi connectivity index (χ3n) is 6.65. The Balaban J connectivity index is 1.58. The van der Waals surface area contributed by atoms with E-state index < -0.39 is 0 Å². The first-order chi connectivity index (χ1) is 12.6. The molecule has 140 valence electrons. The molecule has 0 saturated carbocycles. The van der Waals surface area contributed by atoms with Crippen molar-refractivity contribution in [3.8, 4) is 0 Å². The summed E-state index contributed by atoms with van der Waals surface area (Å²) in [4.78, 5) is 18.9. The number of likely N-dealkylation sites (tertiary alicyclic amines) is 1. The lowest BCUT2D eigenvalue weighted by Gasteiger charge is -2.45. The largest absolute Gasteiger partial charge is 0.384 e. The predicted molar refractivity (Wildman–Crippen MR) is 105 cm³/mol. The highest BCUT2D eigenvalue weighted by atomic mass is 16.5. The molecule has 4 rings (SSSR count). The molecule has 0 bridgehead atoms. The van der Waals surface area contributed by atoms with E-state index in [1.165, 1.54) is 22.0 Å². The van der Waals surface area contributed by atoms with E-state index in [4.69, 9.17) is 4.74 Å². The van der Waals surface area contributed by atoms with Crippen LogP contribution in [-0.2, 0) is 16.0 Å². The molecule has 0 spiro atoms. The molecule has 2 aliphatic rings. The number of rotatable bonds is 6. The van der Waals surface area contributed by atoms with Gasteiger partial charge in [0.25, 0.3) is 0 Å². The maximum Gasteiger partial charge on any atom is 0.137 e. The fourth-order valence-electron chi connectivity index (χ4n) is 5.18. The lowest BCUT2D eigenvalue weighted by Crippen LogP contribution is -2.49. The first kappa shape index (κ1) is 17.7. The zero-order valence-corrected chi connectivity index (χ0v) is 16.1. The number of fused-ring (bicyclic) bond motifs is 2. The number of methoxy groups -OCH3 is 1. The molecule has 1 aromatic carbocycles. The molecule has 2 aromatic rings. The number of piperidine rings is 1. The number of nitrogens with one attached hydrogen (secondary N) is 1. The van der Waals surface area contributed by atoms with Gasteiger partial charge in [-0.2, -0.15) is 0 Å². The van der Waals surface area contributed by atoms with Crippen LogP contribution in [0.3, 0.4) is 0 Å². The number of hydrogen-bond acceptors (Lipinski definition) is 3. The number of likely N-dealkylation sites (N-methyl/N-ethyl adjacent to an activating group) is 1. The molecule has 2 heterocycles. The van der Waals surface area contributed by atoms with Gasteiger partial charge in [0.1, 0.15) is 5.78 Å². The average Bonchev–Trinajstić information content (AvgIpc) is 3.06. The van der Waals surface area contributed by atoms with Crippen LogP contribution in [0.2, 0.25) is 0 Å². The normalized spacial score (nSPS) is 26.7. The Morgan fingerprint density at radius 1 is 1.42 bits per heavy atom. The Morgan fingerprint density at radius 3 is 3.04 bits per heavy atom. The second kappa shape index (κ2) is 7.16. The lowest BCUT2D eigenvalue weighted by atomic mass is 9.71. The molecule has 1 aliphatic heterocycles. The Bertz CT molecular complexity index is 797. The number of nitrogens with zero attached hydrogens (tertiary/aromatic N) is 1. The second-order valence-electron chi connectivity index (χ2n) is 8.23. The zero-order valence-electron chi connectivity index (χ0n) is 16.1. The van der Waals surface area contributed by atoms with Crippen molar-refractivity contribution in [1.82, 2.24) is 9.88 Å². The van der Waals surface area contributed by atoms with E-state index >= 15 is 0 Å². The highest BCUT2D eigenvalue weighted by Crippen LogP contribution is 2.44. The van der Waals surface area contributed by atoms with E-state index in [9.17, 15) is 4.79 Å². The van der Waals surface area contributed by atoms with Crippen molar-refractivity contribution in [3.63, 3.8) is 0 Å². The number of benzene rings is 1. The molecular formula is C22H30N2O2. The third kappa shape index (κ3) is 2.99. The molecule has 1 N–H and O–H groups in total. The number of ketones is 1. The molecule has 0 radical (unpaired) electrons. The summed E-state index contributed by atoms with van der Waals surface area (Å²) in [5.74, 6) is 1.37. The van der Waals surface area contributed by atoms with Crippen molar-refractivity contribution in [1.29, 1.82) is 0 Å². The molecule has 4 unspecified atom stereocenters. The molecule has 1 aliphatic carbocycles. The number of aromatic nitrogens is 1. The first-order valence-corrected chi connectivity index (χ1v) is 9.93. The average molecular weight is 354 g/mol. The Hall–Kier alpha value is -1.65. The van der Waals surface area contributed by atoms with Crippen LogP contribution < -0.4 is 0 Å². The van der Waals surface area contributed by atoms with Gasteiger partial charge in [0, 0.05) is 61.7 Å². The van der Waals surface area contributed by atoms with E-state index in [1.807, 2.05) is 0 Å². The molecule has 1 saturated heterocycles. The van der Waals surface area contributed by atoms with Crippen molar-refractivity contribution in [3.05, 3.63) is 35.5 Å². The van der Waals surface area contributed by atoms with Gasteiger partial charge in [-0.3, -0.25) is 4.79 Å². The molecule has 4 atom stereocenters. The summed E-state index contributed by atoms with van der Waals surface area (Å²) in [7, 11) is 3.92. The maximum absolute atomic E-state index is 13.0. The Labute approximate surface area is 155 Å². The summed E-state index contributed by atoms with van der Waals surface area (Å²) in [5, 5.41) is 1.40. The number of hydrogen-bond donors (Lipinski definition) is 1. The van der Waals surface area contributed by atoms with Crippen LogP contribution in [0.25, 0.3) is 10.9 Å². The predicted octanol–water partition coefficient (Wildman–Crippen LogP) is 3.76. The fraction of sp³-hybridized carbons (Fsp3) is 0.591. The zero-order chi connectivity index (χ0) is 18.3. The summed E-state index contributed by atoms with van der Waals surface area (Å²) in [6.07, 6.45) is 5.90. The van der Waals surface area contributed by atoms with E-state index in [1.54, 1.807) is 7.11 Å². The summed E-state index contributed by atoms with van der Waals surface area (Å²) >= 11 is 0. The molecule has 4 nitrogen and oxygen atoms in total. The molecule has 4 heteroatoms. The molecular weight excluding hydrogens is 324 g/mol. The number of H-pyrrole nitrogens is 1. The third-order valence-corrected chi connectivity index (χ3v) is 6.65. The van der Waals surface area contributed by atoms with Gasteiger partial charge in [0.05, 0.1) is 0 Å². The van der Waals surface area contributed by atoms with Gasteiger partial charge in [-0.1, -0.05) is 25.5 Å². The topological polar surface area (TPSA) is 45.3 Å². The smallest absolute Gasteiger partial charge is 0.137 e. The van der Waals surface area contributed by atoms with Crippen molar-refractivity contribution in [2.24, 2.45) is 11.8 Å². The lowest BCUT2D eigenvalue weighted by molar-refractivity contribution is -0.126. The van der Waals surface area contributed by atoms with Crippen LogP contribution in [0.15, 0.2) is 24.4 Å². The summed E-state index contributed by atoms with van der Waals surface area (Å²) in [6.45, 7) is 3.72. The molecule has 0 amide bonds. The van der Waals surface area contributed by atoms with Crippen LogP contribution in [0, 0.1) is 11.8 Å². The van der Waals surface area contributed by atoms with Crippen molar-refractivity contribution in [2.75, 3.05) is 27.3 Å². The summed E-state index contributed by atoms with van der Waals surface area (Å²) in [6, 6.07) is 7.09. The van der Waals surface area contributed by atoms with Gasteiger partial charge < -0.3 is 14.6 Å². The van der Waals surface area contributed by atoms with Crippen molar-refractivity contribution in [2.45, 2.75) is 44.6 Å². The Morgan fingerprint density at radius 2 is 2.27 bits per heavy atom. The van der Waals surface area contributed by atoms with E-state index in [-0.39, 0.29) is 5.92 Å².